The summed E-state index contributed by atoms with van der Waals surface area (Å²) in [6.07, 6.45) is 4.73. The van der Waals surface area contributed by atoms with E-state index in [2.05, 4.69) is 42.3 Å². The summed E-state index contributed by atoms with van der Waals surface area (Å²) < 4.78 is 13.5. The number of likely N-dealkylation sites (tertiary alicyclic amines) is 1. The lowest BCUT2D eigenvalue weighted by molar-refractivity contribution is 0.431. The van der Waals surface area contributed by atoms with E-state index in [0.717, 1.165) is 59.8 Å². The van der Waals surface area contributed by atoms with E-state index in [1.165, 1.54) is 25.0 Å². The van der Waals surface area contributed by atoms with Crippen molar-refractivity contribution in [3.05, 3.63) is 95.3 Å². The molecule has 5 heteroatoms. The Morgan fingerprint density at radius 3 is 2.06 bits per heavy atom. The molecule has 3 aromatic carbocycles. The van der Waals surface area contributed by atoms with Crippen molar-refractivity contribution in [3.8, 4) is 0 Å². The van der Waals surface area contributed by atoms with Gasteiger partial charge in [-0.25, -0.2) is 9.38 Å². The van der Waals surface area contributed by atoms with Crippen LogP contribution < -0.4 is 5.32 Å². The molecule has 0 aliphatic carbocycles. The average Bonchev–Trinajstić information content (AvgIpc) is 3.10. The van der Waals surface area contributed by atoms with Crippen LogP contribution in [-0.4, -0.2) is 29.8 Å². The highest BCUT2D eigenvalue weighted by Crippen LogP contribution is 2.20. The van der Waals surface area contributed by atoms with E-state index in [1.807, 2.05) is 30.3 Å². The predicted molar refractivity (Wildman–Crippen MR) is 136 cm³/mol. The van der Waals surface area contributed by atoms with Gasteiger partial charge in [-0.15, -0.1) is 0 Å². The smallest absolute Gasteiger partial charge is 0.227 e. The summed E-state index contributed by atoms with van der Waals surface area (Å²) in [5.74, 6) is 1.16. The lowest BCUT2D eigenvalue weighted by Crippen LogP contribution is -2.32. The topological polar surface area (TPSA) is 40.0 Å². The number of nitrogens with zero attached hydrogens (tertiary/aromatic N) is 3. The minimum atomic E-state index is -0.262. The number of aryl methyl sites for hydroxylation is 2. The van der Waals surface area contributed by atoms with E-state index in [0.29, 0.717) is 5.96 Å². The Labute approximate surface area is 195 Å². The molecule has 1 heterocycles. The zero-order valence-corrected chi connectivity index (χ0v) is 19.4. The molecule has 1 saturated heterocycles. The number of hydrogen-bond donors (Lipinski definition) is 1. The summed E-state index contributed by atoms with van der Waals surface area (Å²) in [5, 5.41) is 3.45. The van der Waals surface area contributed by atoms with Gasteiger partial charge in [0.2, 0.25) is 5.96 Å². The Kier molecular flexibility index (Phi) is 7.51. The molecule has 0 spiro atoms. The van der Waals surface area contributed by atoms with Crippen LogP contribution in [0.5, 0.6) is 0 Å². The Bertz CT molecular complexity index is 1090. The van der Waals surface area contributed by atoms with Gasteiger partial charge in [-0.3, -0.25) is 0 Å². The molecule has 4 nitrogen and oxygen atoms in total. The highest BCUT2D eigenvalue weighted by molar-refractivity contribution is 6.14. The third kappa shape index (κ3) is 6.07. The van der Waals surface area contributed by atoms with E-state index in [9.17, 15) is 4.39 Å². The molecule has 1 aliphatic heterocycles. The number of benzene rings is 3. The molecule has 0 saturated carbocycles. The molecular weight excluding hydrogens is 411 g/mol. The lowest BCUT2D eigenvalue weighted by Gasteiger charge is -2.23. The first kappa shape index (κ1) is 22.7. The predicted octanol–water partition coefficient (Wildman–Crippen LogP) is 6.86. The SMILES string of the molecule is Cc1cccc(C)c1/C(=N/C(=Nc1ccccc1)N1CCCCCC1)Nc1ccc(F)cc1. The van der Waals surface area contributed by atoms with Crippen molar-refractivity contribution in [1.82, 2.24) is 4.90 Å². The van der Waals surface area contributed by atoms with E-state index in [4.69, 9.17) is 9.98 Å². The number of rotatable bonds is 3. The van der Waals surface area contributed by atoms with E-state index in [-0.39, 0.29) is 5.82 Å². The first-order valence-corrected chi connectivity index (χ1v) is 11.7. The van der Waals surface area contributed by atoms with Crippen LogP contribution in [0.2, 0.25) is 0 Å². The second-order valence-corrected chi connectivity index (χ2v) is 8.51. The number of halogens is 1. The van der Waals surface area contributed by atoms with Crippen molar-refractivity contribution in [2.45, 2.75) is 39.5 Å². The van der Waals surface area contributed by atoms with Gasteiger partial charge >= 0.3 is 0 Å². The third-order valence-electron chi connectivity index (χ3n) is 5.91. The van der Waals surface area contributed by atoms with Gasteiger partial charge in [0, 0.05) is 24.3 Å². The van der Waals surface area contributed by atoms with Crippen molar-refractivity contribution in [2.24, 2.45) is 9.98 Å². The molecule has 33 heavy (non-hydrogen) atoms. The number of anilines is 1. The molecule has 3 aromatic rings. The molecule has 0 bridgehead atoms. The summed E-state index contributed by atoms with van der Waals surface area (Å²) in [5.41, 5.74) is 4.95. The molecule has 0 aromatic heterocycles. The van der Waals surface area contributed by atoms with Crippen LogP contribution in [-0.2, 0) is 0 Å². The molecule has 0 unspecified atom stereocenters. The minimum absolute atomic E-state index is 0.262. The highest BCUT2D eigenvalue weighted by Gasteiger charge is 2.18. The molecule has 4 rings (SSSR count). The van der Waals surface area contributed by atoms with Crippen molar-refractivity contribution in [1.29, 1.82) is 0 Å². The number of hydrogen-bond acceptors (Lipinski definition) is 1. The van der Waals surface area contributed by atoms with E-state index in [1.54, 1.807) is 12.1 Å². The maximum atomic E-state index is 13.5. The number of para-hydroxylation sites is 1. The maximum Gasteiger partial charge on any atom is 0.227 e. The average molecular weight is 443 g/mol. The highest BCUT2D eigenvalue weighted by atomic mass is 19.1. The second-order valence-electron chi connectivity index (χ2n) is 8.51. The number of aliphatic imine (C=N–C) groups is 2. The Balaban J connectivity index is 1.83. The fraction of sp³-hybridized carbons (Fsp3) is 0.286. The van der Waals surface area contributed by atoms with Crippen LogP contribution in [0.3, 0.4) is 0 Å². The van der Waals surface area contributed by atoms with Gasteiger partial charge < -0.3 is 10.2 Å². The van der Waals surface area contributed by atoms with Crippen molar-refractivity contribution >= 4 is 23.2 Å². The van der Waals surface area contributed by atoms with Gasteiger partial charge in [0.25, 0.3) is 0 Å². The molecule has 1 N–H and O–H groups in total. The number of amidine groups is 1. The first-order valence-electron chi connectivity index (χ1n) is 11.7. The van der Waals surface area contributed by atoms with Gasteiger partial charge in [-0.05, 0) is 74.2 Å². The lowest BCUT2D eigenvalue weighted by atomic mass is 10.0. The fourth-order valence-electron chi connectivity index (χ4n) is 4.16. The molecule has 170 valence electrons. The normalized spacial score (nSPS) is 15.3. The summed E-state index contributed by atoms with van der Waals surface area (Å²) in [4.78, 5) is 12.4. The Morgan fingerprint density at radius 1 is 0.788 bits per heavy atom. The summed E-state index contributed by atoms with van der Waals surface area (Å²) >= 11 is 0. The van der Waals surface area contributed by atoms with Crippen LogP contribution >= 0.6 is 0 Å². The zero-order chi connectivity index (χ0) is 23.0. The van der Waals surface area contributed by atoms with Crippen LogP contribution in [0.1, 0.15) is 42.4 Å². The van der Waals surface area contributed by atoms with Crippen molar-refractivity contribution in [2.75, 3.05) is 18.4 Å². The minimum Gasteiger partial charge on any atom is -0.341 e. The van der Waals surface area contributed by atoms with Crippen molar-refractivity contribution in [3.63, 3.8) is 0 Å². The van der Waals surface area contributed by atoms with Crippen LogP contribution in [0.4, 0.5) is 15.8 Å². The van der Waals surface area contributed by atoms with Crippen LogP contribution in [0.25, 0.3) is 0 Å². The van der Waals surface area contributed by atoms with Gasteiger partial charge in [0.1, 0.15) is 11.7 Å². The molecular formula is C28H31FN4. The first-order chi connectivity index (χ1) is 16.1. The molecule has 1 fully saturated rings. The van der Waals surface area contributed by atoms with Crippen LogP contribution in [0, 0.1) is 19.7 Å². The van der Waals surface area contributed by atoms with Gasteiger partial charge in [-0.1, -0.05) is 49.2 Å². The standard InChI is InChI=1S/C28H31FN4/c1-21-11-10-12-22(2)26(21)27(30-25-17-15-23(29)16-18-25)32-28(31-24-13-6-5-7-14-24)33-19-8-3-4-9-20-33/h5-7,10-18H,3-4,8-9,19-20H2,1-2H3,(H,30,31,32). The third-order valence-corrected chi connectivity index (χ3v) is 5.91. The van der Waals surface area contributed by atoms with Gasteiger partial charge in [0.05, 0.1) is 5.69 Å². The van der Waals surface area contributed by atoms with Gasteiger partial charge in [0.15, 0.2) is 0 Å². The fourth-order valence-corrected chi connectivity index (χ4v) is 4.16. The molecule has 1 aliphatic rings. The van der Waals surface area contributed by atoms with E-state index < -0.39 is 0 Å². The quantitative estimate of drug-likeness (QED) is 0.355. The van der Waals surface area contributed by atoms with Gasteiger partial charge in [-0.2, -0.15) is 4.99 Å². The second kappa shape index (κ2) is 10.9. The van der Waals surface area contributed by atoms with Crippen molar-refractivity contribution < 1.29 is 4.39 Å². The Hall–Kier alpha value is -3.47. The number of nitrogens with one attached hydrogen (secondary N) is 1. The molecule has 0 amide bonds. The summed E-state index contributed by atoms with van der Waals surface area (Å²) in [7, 11) is 0. The molecule has 0 radical (unpaired) electrons. The van der Waals surface area contributed by atoms with Crippen LogP contribution in [0.15, 0.2) is 82.8 Å². The summed E-state index contributed by atoms with van der Waals surface area (Å²) in [6.45, 7) is 6.05. The van der Waals surface area contributed by atoms with E-state index >= 15 is 0 Å². The zero-order valence-electron chi connectivity index (χ0n) is 19.4. The molecule has 0 atom stereocenters. The summed E-state index contributed by atoms with van der Waals surface area (Å²) in [6, 6.07) is 22.6. The monoisotopic (exact) mass is 442 g/mol. The largest absolute Gasteiger partial charge is 0.341 e. The maximum absolute atomic E-state index is 13.5. The Morgan fingerprint density at radius 2 is 1.42 bits per heavy atom. The number of guanidine groups is 1.